The quantitative estimate of drug-likeness (QED) is 0.159. The van der Waals surface area contributed by atoms with Crippen LogP contribution in [0.4, 0.5) is 0 Å². The molecule has 2 aromatic rings. The lowest BCUT2D eigenvalue weighted by molar-refractivity contribution is -0.196. The average molecular weight is 647 g/mol. The van der Waals surface area contributed by atoms with E-state index in [1.54, 1.807) is 0 Å². The summed E-state index contributed by atoms with van der Waals surface area (Å²) in [7, 11) is 0. The Bertz CT molecular complexity index is 1700. The summed E-state index contributed by atoms with van der Waals surface area (Å²) in [5.74, 6) is -19.6. The number of benzene rings is 2. The van der Waals surface area contributed by atoms with Gasteiger partial charge in [-0.05, 0) is 22.3 Å². The number of carboxylic acid groups (broad SMARTS) is 6. The summed E-state index contributed by atoms with van der Waals surface area (Å²) in [6.45, 7) is 0. The Morgan fingerprint density at radius 3 is 1.00 bits per heavy atom. The molecular weight excluding hydrogens is 624 g/mol. The second-order valence-corrected chi connectivity index (χ2v) is 10.2. The smallest absolute Gasteiger partial charge is 0.337 e. The maximum atomic E-state index is 14.2. The molecule has 0 heterocycles. The van der Waals surface area contributed by atoms with Crippen LogP contribution in [0.5, 0.6) is 0 Å². The Labute approximate surface area is 262 Å². The van der Waals surface area contributed by atoms with Gasteiger partial charge in [0.25, 0.3) is 0 Å². The van der Waals surface area contributed by atoms with Crippen molar-refractivity contribution in [2.45, 2.75) is 0 Å². The molecule has 0 fully saturated rings. The third-order valence-electron chi connectivity index (χ3n) is 8.17. The predicted molar refractivity (Wildman–Crippen MR) is 154 cm³/mol. The fraction of sp³-hybridized carbons (Fsp3) is 0.125. The summed E-state index contributed by atoms with van der Waals surface area (Å²) in [6.07, 6.45) is 4.08. The largest absolute Gasteiger partial charge is 0.480 e. The van der Waals surface area contributed by atoms with Crippen molar-refractivity contribution in [1.82, 2.24) is 0 Å². The lowest BCUT2D eigenvalue weighted by atomic mass is 9.55. The molecule has 2 aliphatic rings. The molecule has 0 saturated heterocycles. The van der Waals surface area contributed by atoms with Crippen molar-refractivity contribution >= 4 is 58.9 Å². The summed E-state index contributed by atoms with van der Waals surface area (Å²) < 4.78 is 4.83. The standard InChI is InChI=1S/C32H22O15/c33-21(34)29(22(35)36)15-7-13-19(17-9-3-1-4-10-17)31(29,25(41)42)27(45)47-28(46)32(26(43)44)20(18-11-5-2-6-12-18)14-8-16-30(32,23(37)38)24(39)40/h1-16H,(H,33,34)(H,35,36)(H,37,38)(H,39,40)(H,41,42)(H,43,44). The number of esters is 2. The van der Waals surface area contributed by atoms with Crippen molar-refractivity contribution in [3.05, 3.63) is 108 Å². The van der Waals surface area contributed by atoms with Crippen molar-refractivity contribution in [3.63, 3.8) is 0 Å². The van der Waals surface area contributed by atoms with E-state index in [4.69, 9.17) is 4.74 Å². The van der Waals surface area contributed by atoms with Crippen molar-refractivity contribution in [2.75, 3.05) is 0 Å². The van der Waals surface area contributed by atoms with E-state index in [0.29, 0.717) is 12.2 Å². The van der Waals surface area contributed by atoms with Gasteiger partial charge in [-0.3, -0.25) is 28.8 Å². The van der Waals surface area contributed by atoms with E-state index in [0.717, 1.165) is 24.3 Å². The first-order valence-corrected chi connectivity index (χ1v) is 13.2. The van der Waals surface area contributed by atoms with Gasteiger partial charge in [0.1, 0.15) is 0 Å². The first kappa shape index (κ1) is 33.3. The van der Waals surface area contributed by atoms with Crippen LogP contribution in [0.2, 0.25) is 0 Å². The van der Waals surface area contributed by atoms with Gasteiger partial charge in [0.2, 0.25) is 21.7 Å². The van der Waals surface area contributed by atoms with Crippen LogP contribution in [0.25, 0.3) is 11.1 Å². The highest BCUT2D eigenvalue weighted by atomic mass is 16.6. The summed E-state index contributed by atoms with van der Waals surface area (Å²) in [6, 6.07) is 12.9. The van der Waals surface area contributed by atoms with Crippen molar-refractivity contribution < 1.29 is 73.7 Å². The van der Waals surface area contributed by atoms with E-state index in [1.807, 2.05) is 0 Å². The molecule has 240 valence electrons. The Morgan fingerprint density at radius 2 is 0.745 bits per heavy atom. The molecule has 47 heavy (non-hydrogen) atoms. The van der Waals surface area contributed by atoms with Gasteiger partial charge in [-0.15, -0.1) is 0 Å². The number of ether oxygens (including phenoxy) is 1. The zero-order valence-corrected chi connectivity index (χ0v) is 23.6. The van der Waals surface area contributed by atoms with Gasteiger partial charge >= 0.3 is 47.8 Å². The first-order chi connectivity index (χ1) is 22.1. The van der Waals surface area contributed by atoms with Crippen LogP contribution in [0, 0.1) is 21.7 Å². The van der Waals surface area contributed by atoms with E-state index in [1.165, 1.54) is 60.7 Å². The molecule has 0 aromatic heterocycles. The van der Waals surface area contributed by atoms with Crippen molar-refractivity contribution in [1.29, 1.82) is 0 Å². The van der Waals surface area contributed by atoms with Crippen LogP contribution < -0.4 is 0 Å². The topological polar surface area (TPSA) is 267 Å². The lowest BCUT2D eigenvalue weighted by Gasteiger charge is -2.43. The van der Waals surface area contributed by atoms with E-state index >= 15 is 0 Å². The van der Waals surface area contributed by atoms with Gasteiger partial charge in [0.15, 0.2) is 0 Å². The number of hydrogen-bond donors (Lipinski definition) is 6. The third-order valence-corrected chi connectivity index (χ3v) is 8.17. The highest BCUT2D eigenvalue weighted by Gasteiger charge is 2.77. The zero-order chi connectivity index (χ0) is 34.9. The Balaban J connectivity index is 2.09. The van der Waals surface area contributed by atoms with Crippen molar-refractivity contribution in [3.8, 4) is 0 Å². The molecule has 2 aromatic carbocycles. The van der Waals surface area contributed by atoms with E-state index in [2.05, 4.69) is 0 Å². The van der Waals surface area contributed by atoms with Crippen LogP contribution in [-0.4, -0.2) is 78.4 Å². The molecule has 15 heteroatoms. The third kappa shape index (κ3) is 4.28. The number of allylic oxidation sites excluding steroid dienone is 4. The molecule has 2 atom stereocenters. The number of carbonyl (C=O) groups excluding carboxylic acids is 2. The zero-order valence-electron chi connectivity index (χ0n) is 23.6. The molecule has 0 bridgehead atoms. The molecule has 0 spiro atoms. The highest BCUT2D eigenvalue weighted by Crippen LogP contribution is 2.57. The molecule has 0 radical (unpaired) electrons. The number of hydrogen-bond acceptors (Lipinski definition) is 9. The molecule has 2 aliphatic carbocycles. The highest BCUT2D eigenvalue weighted by molar-refractivity contribution is 6.28. The Kier molecular flexibility index (Phi) is 8.28. The van der Waals surface area contributed by atoms with Crippen LogP contribution in [-0.2, 0) is 43.1 Å². The molecule has 2 unspecified atom stereocenters. The fourth-order valence-corrected chi connectivity index (χ4v) is 5.99. The average Bonchev–Trinajstić information content (AvgIpc) is 3.03. The van der Waals surface area contributed by atoms with Gasteiger partial charge in [-0.1, -0.05) is 97.1 Å². The van der Waals surface area contributed by atoms with Crippen LogP contribution in [0.15, 0.2) is 97.1 Å². The maximum Gasteiger partial charge on any atom is 0.337 e. The van der Waals surface area contributed by atoms with Gasteiger partial charge in [0.05, 0.1) is 0 Å². The molecule has 0 amide bonds. The normalized spacial score (nSPS) is 22.1. The predicted octanol–water partition coefficient (Wildman–Crippen LogP) is 1.82. The molecule has 0 aliphatic heterocycles. The SMILES string of the molecule is O=C(O)C1(C(=O)O)C=CC=C(c2ccccc2)C1(C(=O)O)C(=O)OC(=O)C1(C(=O)O)C(c2ccccc2)=CC=CC1(C(=O)O)C(=O)O. The minimum Gasteiger partial charge on any atom is -0.480 e. The Hall–Kier alpha value is -6.64. The van der Waals surface area contributed by atoms with E-state index in [9.17, 15) is 69.0 Å². The number of carboxylic acids is 6. The Morgan fingerprint density at radius 1 is 0.447 bits per heavy atom. The summed E-state index contributed by atoms with van der Waals surface area (Å²) in [5, 5.41) is 62.0. The second kappa shape index (κ2) is 11.7. The summed E-state index contributed by atoms with van der Waals surface area (Å²) in [4.78, 5) is 106. The van der Waals surface area contributed by atoms with Crippen molar-refractivity contribution in [2.24, 2.45) is 21.7 Å². The van der Waals surface area contributed by atoms with Crippen LogP contribution in [0.1, 0.15) is 11.1 Å². The molecular formula is C32H22O15. The van der Waals surface area contributed by atoms with Gasteiger partial charge < -0.3 is 35.4 Å². The minimum atomic E-state index is -3.90. The summed E-state index contributed by atoms with van der Waals surface area (Å²) in [5.41, 5.74) is -17.4. The number of carbonyl (C=O) groups is 8. The van der Waals surface area contributed by atoms with E-state index in [-0.39, 0.29) is 11.1 Å². The molecule has 15 nitrogen and oxygen atoms in total. The van der Waals surface area contributed by atoms with Gasteiger partial charge in [-0.25, -0.2) is 9.59 Å². The monoisotopic (exact) mass is 646 g/mol. The lowest BCUT2D eigenvalue weighted by Crippen LogP contribution is -2.65. The van der Waals surface area contributed by atoms with Crippen LogP contribution >= 0.6 is 0 Å². The molecule has 0 saturated carbocycles. The summed E-state index contributed by atoms with van der Waals surface area (Å²) >= 11 is 0. The number of rotatable bonds is 10. The first-order valence-electron chi connectivity index (χ1n) is 13.2. The molecule has 4 rings (SSSR count). The van der Waals surface area contributed by atoms with Gasteiger partial charge in [-0.2, -0.15) is 0 Å². The second-order valence-electron chi connectivity index (χ2n) is 10.2. The minimum absolute atomic E-state index is 0.237. The van der Waals surface area contributed by atoms with Crippen LogP contribution in [0.3, 0.4) is 0 Å². The fourth-order valence-electron chi connectivity index (χ4n) is 5.99. The molecule has 6 N–H and O–H groups in total. The number of aliphatic carboxylic acids is 6. The van der Waals surface area contributed by atoms with E-state index < -0.39 is 80.6 Å². The van der Waals surface area contributed by atoms with Gasteiger partial charge in [0, 0.05) is 0 Å². The maximum absolute atomic E-state index is 14.2.